The van der Waals surface area contributed by atoms with Gasteiger partial charge in [0, 0.05) is 12.3 Å². The summed E-state index contributed by atoms with van der Waals surface area (Å²) in [6.45, 7) is 1.81. The van der Waals surface area contributed by atoms with E-state index in [0.29, 0.717) is 11.4 Å². The molecule has 0 atom stereocenters. The number of ether oxygens (including phenoxy) is 2. The highest BCUT2D eigenvalue weighted by atomic mass is 32.2. The number of benzene rings is 2. The van der Waals surface area contributed by atoms with E-state index in [1.165, 1.54) is 31.4 Å². The van der Waals surface area contributed by atoms with Crippen molar-refractivity contribution in [1.82, 2.24) is 9.55 Å². The summed E-state index contributed by atoms with van der Waals surface area (Å²) in [6, 6.07) is 8.94. The zero-order chi connectivity index (χ0) is 21.2. The first kappa shape index (κ1) is 20.5. The fourth-order valence-corrected chi connectivity index (χ4v) is 3.78. The second kappa shape index (κ2) is 7.66. The SMILES string of the molecule is COc1cc(NS(=O)(=O)c2ccccc2OC(F)(F)F)ccc1-n1cnc(C)c1. The molecule has 0 aliphatic carbocycles. The minimum Gasteiger partial charge on any atom is -0.494 e. The standard InChI is InChI=1S/C18H16F3N3O4S/c1-12-10-24(11-22-12)14-8-7-13(9-16(14)27-2)23-29(25,26)17-6-4-3-5-15(17)28-18(19,20)21/h3-11,23H,1-2H3. The van der Waals surface area contributed by atoms with E-state index >= 15 is 0 Å². The lowest BCUT2D eigenvalue weighted by atomic mass is 10.2. The Morgan fingerprint density at radius 1 is 1.10 bits per heavy atom. The van der Waals surface area contributed by atoms with Crippen molar-refractivity contribution in [3.05, 3.63) is 60.7 Å². The van der Waals surface area contributed by atoms with Crippen LogP contribution >= 0.6 is 0 Å². The lowest BCUT2D eigenvalue weighted by Gasteiger charge is -2.15. The Hall–Kier alpha value is -3.21. The second-order valence-corrected chi connectivity index (χ2v) is 7.56. The number of hydrogen-bond acceptors (Lipinski definition) is 5. The van der Waals surface area contributed by atoms with Gasteiger partial charge in [0.1, 0.15) is 16.4 Å². The average Bonchev–Trinajstić information content (AvgIpc) is 3.06. The average molecular weight is 427 g/mol. The Morgan fingerprint density at radius 3 is 2.45 bits per heavy atom. The molecule has 29 heavy (non-hydrogen) atoms. The van der Waals surface area contributed by atoms with Gasteiger partial charge in [-0.25, -0.2) is 13.4 Å². The molecule has 154 valence electrons. The van der Waals surface area contributed by atoms with Crippen LogP contribution in [0.15, 0.2) is 59.9 Å². The van der Waals surface area contributed by atoms with Crippen molar-refractivity contribution in [3.63, 3.8) is 0 Å². The topological polar surface area (TPSA) is 82.5 Å². The molecule has 0 aliphatic heterocycles. The van der Waals surface area contributed by atoms with Crippen LogP contribution in [-0.4, -0.2) is 31.4 Å². The van der Waals surface area contributed by atoms with Crippen LogP contribution in [-0.2, 0) is 10.0 Å². The molecule has 3 aromatic rings. The molecule has 0 saturated heterocycles. The lowest BCUT2D eigenvalue weighted by molar-refractivity contribution is -0.275. The number of alkyl halides is 3. The number of hydrogen-bond donors (Lipinski definition) is 1. The Kier molecular flexibility index (Phi) is 5.42. The van der Waals surface area contributed by atoms with Crippen molar-refractivity contribution in [2.75, 3.05) is 11.8 Å². The van der Waals surface area contributed by atoms with Gasteiger partial charge in [0.05, 0.1) is 30.5 Å². The maximum atomic E-state index is 12.7. The first-order valence-corrected chi connectivity index (χ1v) is 9.64. The van der Waals surface area contributed by atoms with Crippen LogP contribution in [0.3, 0.4) is 0 Å². The van der Waals surface area contributed by atoms with Crippen LogP contribution in [0, 0.1) is 6.92 Å². The molecule has 1 heterocycles. The van der Waals surface area contributed by atoms with Gasteiger partial charge in [0.25, 0.3) is 10.0 Å². The van der Waals surface area contributed by atoms with Gasteiger partial charge in [-0.1, -0.05) is 12.1 Å². The number of sulfonamides is 1. The Morgan fingerprint density at radius 2 is 1.83 bits per heavy atom. The fraction of sp³-hybridized carbons (Fsp3) is 0.167. The van der Waals surface area contributed by atoms with E-state index in [0.717, 1.165) is 17.8 Å². The summed E-state index contributed by atoms with van der Waals surface area (Å²) in [4.78, 5) is 3.47. The summed E-state index contributed by atoms with van der Waals surface area (Å²) in [7, 11) is -2.95. The first-order chi connectivity index (χ1) is 13.6. The smallest absolute Gasteiger partial charge is 0.494 e. The van der Waals surface area contributed by atoms with Crippen LogP contribution in [0.25, 0.3) is 5.69 Å². The molecule has 1 aromatic heterocycles. The number of rotatable bonds is 6. The summed E-state index contributed by atoms with van der Waals surface area (Å²) in [6.07, 6.45) is -1.70. The molecule has 0 amide bonds. The van der Waals surface area contributed by atoms with Crippen molar-refractivity contribution in [1.29, 1.82) is 0 Å². The zero-order valence-corrected chi connectivity index (χ0v) is 16.1. The van der Waals surface area contributed by atoms with Gasteiger partial charge in [0.2, 0.25) is 0 Å². The molecule has 0 spiro atoms. The highest BCUT2D eigenvalue weighted by Crippen LogP contribution is 2.32. The molecular formula is C18H16F3N3O4S. The molecule has 0 radical (unpaired) electrons. The summed E-state index contributed by atoms with van der Waals surface area (Å²) >= 11 is 0. The summed E-state index contributed by atoms with van der Waals surface area (Å²) in [5, 5.41) is 0. The van der Waals surface area contributed by atoms with E-state index in [4.69, 9.17) is 4.74 Å². The van der Waals surface area contributed by atoms with Gasteiger partial charge in [0.15, 0.2) is 0 Å². The van der Waals surface area contributed by atoms with Crippen molar-refractivity contribution in [2.45, 2.75) is 18.2 Å². The van der Waals surface area contributed by atoms with E-state index in [1.807, 2.05) is 6.92 Å². The third kappa shape index (κ3) is 4.80. The molecule has 0 aliphatic rings. The van der Waals surface area contributed by atoms with Crippen molar-refractivity contribution in [3.8, 4) is 17.2 Å². The molecule has 7 nitrogen and oxygen atoms in total. The van der Waals surface area contributed by atoms with E-state index in [2.05, 4.69) is 14.4 Å². The number of nitrogens with one attached hydrogen (secondary N) is 1. The molecular weight excluding hydrogens is 411 g/mol. The number of nitrogens with zero attached hydrogens (tertiary/aromatic N) is 2. The third-order valence-corrected chi connectivity index (χ3v) is 5.21. The van der Waals surface area contributed by atoms with Crippen molar-refractivity contribution in [2.24, 2.45) is 0 Å². The Bertz CT molecular complexity index is 1130. The molecule has 0 saturated carbocycles. The second-order valence-electron chi connectivity index (χ2n) is 5.91. The molecule has 1 N–H and O–H groups in total. The van der Waals surface area contributed by atoms with Crippen molar-refractivity contribution >= 4 is 15.7 Å². The minimum absolute atomic E-state index is 0.101. The highest BCUT2D eigenvalue weighted by molar-refractivity contribution is 7.92. The van der Waals surface area contributed by atoms with E-state index in [1.54, 1.807) is 23.2 Å². The largest absolute Gasteiger partial charge is 0.573 e. The van der Waals surface area contributed by atoms with E-state index < -0.39 is 27.0 Å². The quantitative estimate of drug-likeness (QED) is 0.646. The number of para-hydroxylation sites is 1. The predicted octanol–water partition coefficient (Wildman–Crippen LogP) is 3.89. The van der Waals surface area contributed by atoms with Crippen LogP contribution in [0.4, 0.5) is 18.9 Å². The molecule has 0 bridgehead atoms. The maximum Gasteiger partial charge on any atom is 0.573 e. The van der Waals surface area contributed by atoms with Gasteiger partial charge < -0.3 is 14.0 Å². The normalized spacial score (nSPS) is 11.9. The number of methoxy groups -OCH3 is 1. The molecule has 11 heteroatoms. The van der Waals surface area contributed by atoms with Crippen LogP contribution in [0.5, 0.6) is 11.5 Å². The molecule has 2 aromatic carbocycles. The lowest BCUT2D eigenvalue weighted by Crippen LogP contribution is -2.20. The van der Waals surface area contributed by atoms with Gasteiger partial charge in [-0.3, -0.25) is 4.72 Å². The number of anilines is 1. The monoisotopic (exact) mass is 427 g/mol. The van der Waals surface area contributed by atoms with Crippen molar-refractivity contribution < 1.29 is 31.1 Å². The Balaban J connectivity index is 1.94. The van der Waals surface area contributed by atoms with E-state index in [9.17, 15) is 21.6 Å². The number of aromatic nitrogens is 2. The molecule has 0 unspecified atom stereocenters. The number of halogens is 3. The summed E-state index contributed by atoms with van der Waals surface area (Å²) in [5.41, 5.74) is 1.49. The minimum atomic E-state index is -5.03. The van der Waals surface area contributed by atoms with Crippen LogP contribution in [0.2, 0.25) is 0 Å². The number of aryl methyl sites for hydroxylation is 1. The molecule has 0 fully saturated rings. The zero-order valence-electron chi connectivity index (χ0n) is 15.3. The summed E-state index contributed by atoms with van der Waals surface area (Å²) in [5.74, 6) is -0.493. The fourth-order valence-electron chi connectivity index (χ4n) is 2.60. The number of imidazole rings is 1. The molecule has 3 rings (SSSR count). The highest BCUT2D eigenvalue weighted by Gasteiger charge is 2.34. The van der Waals surface area contributed by atoms with Gasteiger partial charge in [-0.2, -0.15) is 0 Å². The Labute approximate surface area is 164 Å². The van der Waals surface area contributed by atoms with Crippen LogP contribution in [0.1, 0.15) is 5.69 Å². The summed E-state index contributed by atoms with van der Waals surface area (Å²) < 4.78 is 76.1. The maximum absolute atomic E-state index is 12.7. The van der Waals surface area contributed by atoms with E-state index in [-0.39, 0.29) is 5.69 Å². The first-order valence-electron chi connectivity index (χ1n) is 8.16. The predicted molar refractivity (Wildman–Crippen MR) is 98.8 cm³/mol. The van der Waals surface area contributed by atoms with Gasteiger partial charge in [-0.05, 0) is 31.2 Å². The van der Waals surface area contributed by atoms with Crippen LogP contribution < -0.4 is 14.2 Å². The van der Waals surface area contributed by atoms with Gasteiger partial charge >= 0.3 is 6.36 Å². The third-order valence-electron chi connectivity index (χ3n) is 3.79. The van der Waals surface area contributed by atoms with Gasteiger partial charge in [-0.15, -0.1) is 13.2 Å².